The third-order valence-corrected chi connectivity index (χ3v) is 6.26. The standard InChI is InChI=1S/C22H17Cl2F3N2S2/c1-31-16-10-8-13(9-11-16)20(17-6-3-7-18(23)19(17)24)29-21(30)28-15-5-2-4-14(12-15)22(25,26)27/h2-12,20H,1H3,(H2,28,29,30). The number of rotatable bonds is 5. The Balaban J connectivity index is 1.89. The maximum Gasteiger partial charge on any atom is 0.416 e. The minimum Gasteiger partial charge on any atom is -0.351 e. The van der Waals surface area contributed by atoms with Crippen LogP contribution in [-0.4, -0.2) is 11.4 Å². The lowest BCUT2D eigenvalue weighted by molar-refractivity contribution is -0.137. The Morgan fingerprint density at radius 1 is 1.00 bits per heavy atom. The average Bonchev–Trinajstić information content (AvgIpc) is 2.74. The lowest BCUT2D eigenvalue weighted by Crippen LogP contribution is -2.33. The molecule has 3 aromatic rings. The number of halogens is 5. The molecule has 0 aliphatic rings. The molecule has 2 N–H and O–H groups in total. The Kier molecular flexibility index (Phi) is 7.75. The van der Waals surface area contributed by atoms with Gasteiger partial charge in [-0.1, -0.05) is 53.5 Å². The van der Waals surface area contributed by atoms with Crippen LogP contribution in [0, 0.1) is 0 Å². The van der Waals surface area contributed by atoms with Gasteiger partial charge in [0.2, 0.25) is 0 Å². The van der Waals surface area contributed by atoms with E-state index in [-0.39, 0.29) is 10.8 Å². The molecule has 0 fully saturated rings. The molecule has 31 heavy (non-hydrogen) atoms. The monoisotopic (exact) mass is 500 g/mol. The van der Waals surface area contributed by atoms with Gasteiger partial charge in [-0.25, -0.2) is 0 Å². The van der Waals surface area contributed by atoms with Gasteiger partial charge in [-0.2, -0.15) is 13.2 Å². The summed E-state index contributed by atoms with van der Waals surface area (Å²) < 4.78 is 39.0. The Morgan fingerprint density at radius 3 is 2.32 bits per heavy atom. The van der Waals surface area contributed by atoms with E-state index in [1.54, 1.807) is 23.9 Å². The van der Waals surface area contributed by atoms with Gasteiger partial charge in [0.15, 0.2) is 5.11 Å². The fourth-order valence-electron chi connectivity index (χ4n) is 2.95. The Morgan fingerprint density at radius 2 is 1.68 bits per heavy atom. The predicted molar refractivity (Wildman–Crippen MR) is 127 cm³/mol. The van der Waals surface area contributed by atoms with Crippen LogP contribution in [0.15, 0.2) is 71.6 Å². The van der Waals surface area contributed by atoms with Crippen LogP contribution >= 0.6 is 47.2 Å². The van der Waals surface area contributed by atoms with Gasteiger partial charge in [0, 0.05) is 10.6 Å². The molecule has 0 heterocycles. The molecule has 3 rings (SSSR count). The van der Waals surface area contributed by atoms with Crippen molar-refractivity contribution >= 4 is 58.0 Å². The van der Waals surface area contributed by atoms with E-state index in [1.165, 1.54) is 12.1 Å². The largest absolute Gasteiger partial charge is 0.416 e. The third kappa shape index (κ3) is 6.07. The van der Waals surface area contributed by atoms with Gasteiger partial charge in [0.05, 0.1) is 21.7 Å². The molecule has 0 spiro atoms. The molecule has 0 aliphatic carbocycles. The number of benzene rings is 3. The SMILES string of the molecule is CSc1ccc(C(NC(=S)Nc2cccc(C(F)(F)F)c2)c2cccc(Cl)c2Cl)cc1. The first kappa shape index (κ1) is 23.7. The van der Waals surface area contributed by atoms with Crippen molar-refractivity contribution in [3.63, 3.8) is 0 Å². The molecular formula is C22H17Cl2F3N2S2. The first-order valence-corrected chi connectivity index (χ1v) is 11.4. The zero-order valence-corrected chi connectivity index (χ0v) is 19.3. The number of nitrogens with one attached hydrogen (secondary N) is 2. The molecule has 0 saturated heterocycles. The van der Waals surface area contributed by atoms with E-state index in [0.29, 0.717) is 15.6 Å². The lowest BCUT2D eigenvalue weighted by Gasteiger charge is -2.23. The topological polar surface area (TPSA) is 24.1 Å². The smallest absolute Gasteiger partial charge is 0.351 e. The van der Waals surface area contributed by atoms with Gasteiger partial charge >= 0.3 is 6.18 Å². The first-order valence-electron chi connectivity index (χ1n) is 9.01. The van der Waals surface area contributed by atoms with Crippen molar-refractivity contribution in [2.24, 2.45) is 0 Å². The molecule has 2 nitrogen and oxygen atoms in total. The minimum absolute atomic E-state index is 0.148. The molecule has 9 heteroatoms. The average molecular weight is 501 g/mol. The summed E-state index contributed by atoms with van der Waals surface area (Å²) in [4.78, 5) is 1.09. The van der Waals surface area contributed by atoms with Crippen LogP contribution in [0.3, 0.4) is 0 Å². The quantitative estimate of drug-likeness (QED) is 0.275. The van der Waals surface area contributed by atoms with Crippen LogP contribution < -0.4 is 10.6 Å². The number of anilines is 1. The van der Waals surface area contributed by atoms with Crippen LogP contribution in [0.5, 0.6) is 0 Å². The normalized spacial score (nSPS) is 12.3. The zero-order chi connectivity index (χ0) is 22.6. The first-order chi connectivity index (χ1) is 14.7. The van der Waals surface area contributed by atoms with Gasteiger partial charge in [0.25, 0.3) is 0 Å². The van der Waals surface area contributed by atoms with Gasteiger partial charge in [-0.05, 0) is 66.0 Å². The summed E-state index contributed by atoms with van der Waals surface area (Å²) in [6.45, 7) is 0. The van der Waals surface area contributed by atoms with E-state index in [9.17, 15) is 13.2 Å². The number of hydrogen-bond acceptors (Lipinski definition) is 2. The summed E-state index contributed by atoms with van der Waals surface area (Å²) in [5.41, 5.74) is 1.03. The van der Waals surface area contributed by atoms with Crippen molar-refractivity contribution in [2.45, 2.75) is 17.1 Å². The van der Waals surface area contributed by atoms with E-state index in [0.717, 1.165) is 22.6 Å². The van der Waals surface area contributed by atoms with Crippen molar-refractivity contribution < 1.29 is 13.2 Å². The highest BCUT2D eigenvalue weighted by molar-refractivity contribution is 7.98. The molecule has 0 aromatic heterocycles. The molecular weight excluding hydrogens is 484 g/mol. The van der Waals surface area contributed by atoms with Crippen LogP contribution in [-0.2, 0) is 6.18 Å². The Hall–Kier alpha value is -1.93. The Labute approximate surface area is 198 Å². The summed E-state index contributed by atoms with van der Waals surface area (Å²) in [5.74, 6) is 0. The summed E-state index contributed by atoms with van der Waals surface area (Å²) in [5, 5.41) is 6.88. The second-order valence-corrected chi connectivity index (χ2v) is 8.60. The van der Waals surface area contributed by atoms with Gasteiger partial charge in [-0.3, -0.25) is 0 Å². The maximum atomic E-state index is 13.0. The molecule has 0 saturated carbocycles. The Bertz CT molecular complexity index is 1070. The third-order valence-electron chi connectivity index (χ3n) is 4.46. The van der Waals surface area contributed by atoms with Gasteiger partial charge in [0.1, 0.15) is 0 Å². The number of hydrogen-bond donors (Lipinski definition) is 2. The highest BCUT2D eigenvalue weighted by atomic mass is 35.5. The summed E-state index contributed by atoms with van der Waals surface area (Å²) in [6, 6.07) is 17.5. The summed E-state index contributed by atoms with van der Waals surface area (Å²) in [7, 11) is 0. The molecule has 0 bridgehead atoms. The molecule has 162 valence electrons. The molecule has 1 atom stereocenters. The molecule has 3 aromatic carbocycles. The van der Waals surface area contributed by atoms with Gasteiger partial charge < -0.3 is 10.6 Å². The van der Waals surface area contributed by atoms with E-state index >= 15 is 0 Å². The summed E-state index contributed by atoms with van der Waals surface area (Å²) in [6.07, 6.45) is -2.46. The second kappa shape index (κ2) is 10.1. The fourth-order valence-corrected chi connectivity index (χ4v) is 4.01. The van der Waals surface area contributed by atoms with Gasteiger partial charge in [-0.15, -0.1) is 11.8 Å². The predicted octanol–water partition coefficient (Wildman–Crippen LogP) is 7.81. The van der Waals surface area contributed by atoms with E-state index < -0.39 is 17.8 Å². The second-order valence-electron chi connectivity index (χ2n) is 6.53. The molecule has 0 aliphatic heterocycles. The van der Waals surface area contributed by atoms with Crippen molar-refractivity contribution in [2.75, 3.05) is 11.6 Å². The number of alkyl halides is 3. The highest BCUT2D eigenvalue weighted by Crippen LogP contribution is 2.34. The minimum atomic E-state index is -4.44. The van der Waals surface area contributed by atoms with Crippen LogP contribution in [0.1, 0.15) is 22.7 Å². The van der Waals surface area contributed by atoms with Crippen LogP contribution in [0.4, 0.5) is 18.9 Å². The zero-order valence-electron chi connectivity index (χ0n) is 16.1. The lowest BCUT2D eigenvalue weighted by atomic mass is 9.99. The van der Waals surface area contributed by atoms with Crippen molar-refractivity contribution in [1.82, 2.24) is 5.32 Å². The molecule has 1 unspecified atom stereocenters. The van der Waals surface area contributed by atoms with Crippen molar-refractivity contribution in [3.8, 4) is 0 Å². The van der Waals surface area contributed by atoms with Crippen molar-refractivity contribution in [3.05, 3.63) is 93.5 Å². The highest BCUT2D eigenvalue weighted by Gasteiger charge is 2.30. The van der Waals surface area contributed by atoms with Crippen molar-refractivity contribution in [1.29, 1.82) is 0 Å². The fraction of sp³-hybridized carbons (Fsp3) is 0.136. The van der Waals surface area contributed by atoms with E-state index in [2.05, 4.69) is 10.6 Å². The molecule has 0 amide bonds. The number of thioether (sulfide) groups is 1. The number of thiocarbonyl (C=S) groups is 1. The van der Waals surface area contributed by atoms with E-state index in [4.69, 9.17) is 35.4 Å². The van der Waals surface area contributed by atoms with Crippen LogP contribution in [0.2, 0.25) is 10.0 Å². The summed E-state index contributed by atoms with van der Waals surface area (Å²) >= 11 is 19.6. The van der Waals surface area contributed by atoms with Crippen LogP contribution in [0.25, 0.3) is 0 Å². The molecule has 0 radical (unpaired) electrons. The maximum absolute atomic E-state index is 13.0. The van der Waals surface area contributed by atoms with E-state index in [1.807, 2.05) is 36.6 Å².